The van der Waals surface area contributed by atoms with Gasteiger partial charge in [0.05, 0.1) is 6.20 Å². The van der Waals surface area contributed by atoms with Crippen molar-refractivity contribution in [3.8, 4) is 0 Å². The Morgan fingerprint density at radius 1 is 1.35 bits per heavy atom. The van der Waals surface area contributed by atoms with Crippen molar-refractivity contribution in [1.29, 1.82) is 0 Å². The first-order valence-electron chi connectivity index (χ1n) is 6.61. The monoisotopic (exact) mass is 267 g/mol. The number of hydrogen-bond acceptors (Lipinski definition) is 4. The molecular formula is C15H17N5. The minimum Gasteiger partial charge on any atom is -0.382 e. The number of fused-ring (bicyclic) bond motifs is 1. The average Bonchev–Trinajstić information content (AvgIpc) is 2.87. The molecule has 0 saturated heterocycles. The Morgan fingerprint density at radius 2 is 2.25 bits per heavy atom. The topological polar surface area (TPSA) is 68.2 Å². The van der Waals surface area contributed by atoms with E-state index in [0.717, 1.165) is 24.4 Å². The maximum Gasteiger partial charge on any atom is 0.180 e. The van der Waals surface area contributed by atoms with Gasteiger partial charge in [-0.3, -0.25) is 0 Å². The van der Waals surface area contributed by atoms with Crippen LogP contribution < -0.4 is 11.1 Å². The van der Waals surface area contributed by atoms with Crippen molar-refractivity contribution in [3.63, 3.8) is 0 Å². The van der Waals surface area contributed by atoms with Gasteiger partial charge in [0.25, 0.3) is 0 Å². The van der Waals surface area contributed by atoms with Crippen LogP contribution in [0.5, 0.6) is 0 Å². The van der Waals surface area contributed by atoms with Gasteiger partial charge in [-0.1, -0.05) is 29.8 Å². The van der Waals surface area contributed by atoms with Crippen molar-refractivity contribution in [2.75, 3.05) is 17.6 Å². The highest BCUT2D eigenvalue weighted by atomic mass is 15.1. The van der Waals surface area contributed by atoms with Gasteiger partial charge in [-0.15, -0.1) is 0 Å². The van der Waals surface area contributed by atoms with Crippen molar-refractivity contribution in [3.05, 3.63) is 54.0 Å². The van der Waals surface area contributed by atoms with Gasteiger partial charge in [-0.2, -0.15) is 0 Å². The first-order chi connectivity index (χ1) is 9.72. The fourth-order valence-electron chi connectivity index (χ4n) is 2.26. The number of nitrogens with two attached hydrogens (primary N) is 1. The summed E-state index contributed by atoms with van der Waals surface area (Å²) in [5, 5.41) is 3.31. The molecule has 0 aliphatic heterocycles. The van der Waals surface area contributed by atoms with Gasteiger partial charge in [0, 0.05) is 18.9 Å². The molecule has 0 aliphatic carbocycles. The minimum absolute atomic E-state index is 0.480. The molecule has 1 aromatic carbocycles. The zero-order valence-electron chi connectivity index (χ0n) is 11.4. The van der Waals surface area contributed by atoms with Crippen LogP contribution in [0.4, 0.5) is 11.6 Å². The van der Waals surface area contributed by atoms with Crippen LogP contribution in [0.1, 0.15) is 11.1 Å². The lowest BCUT2D eigenvalue weighted by Crippen LogP contribution is -2.09. The minimum atomic E-state index is 0.480. The summed E-state index contributed by atoms with van der Waals surface area (Å²) in [6, 6.07) is 8.51. The van der Waals surface area contributed by atoms with Gasteiger partial charge in [-0.25, -0.2) is 9.97 Å². The summed E-state index contributed by atoms with van der Waals surface area (Å²) < 4.78 is 1.87. The summed E-state index contributed by atoms with van der Waals surface area (Å²) in [7, 11) is 0. The van der Waals surface area contributed by atoms with Crippen molar-refractivity contribution < 1.29 is 0 Å². The molecule has 0 aliphatic rings. The van der Waals surface area contributed by atoms with E-state index in [2.05, 4.69) is 46.5 Å². The number of rotatable bonds is 4. The molecule has 20 heavy (non-hydrogen) atoms. The number of aryl methyl sites for hydroxylation is 1. The summed E-state index contributed by atoms with van der Waals surface area (Å²) in [6.07, 6.45) is 6.29. The van der Waals surface area contributed by atoms with Gasteiger partial charge in [-0.05, 0) is 18.9 Å². The van der Waals surface area contributed by atoms with Crippen LogP contribution in [0.3, 0.4) is 0 Å². The molecule has 0 saturated carbocycles. The van der Waals surface area contributed by atoms with E-state index in [1.54, 1.807) is 12.4 Å². The van der Waals surface area contributed by atoms with E-state index in [1.165, 1.54) is 11.1 Å². The molecule has 0 unspecified atom stereocenters. The molecule has 0 amide bonds. The maximum atomic E-state index is 5.79. The number of nitrogens with one attached hydrogen (secondary N) is 1. The highest BCUT2D eigenvalue weighted by molar-refractivity contribution is 5.64. The fourth-order valence-corrected chi connectivity index (χ4v) is 2.26. The van der Waals surface area contributed by atoms with Crippen molar-refractivity contribution in [2.24, 2.45) is 0 Å². The van der Waals surface area contributed by atoms with E-state index in [4.69, 9.17) is 5.73 Å². The molecule has 0 fully saturated rings. The summed E-state index contributed by atoms with van der Waals surface area (Å²) in [6.45, 7) is 2.90. The van der Waals surface area contributed by atoms with E-state index in [-0.39, 0.29) is 0 Å². The van der Waals surface area contributed by atoms with E-state index in [1.807, 2.05) is 10.6 Å². The van der Waals surface area contributed by atoms with E-state index in [9.17, 15) is 0 Å². The van der Waals surface area contributed by atoms with E-state index >= 15 is 0 Å². The van der Waals surface area contributed by atoms with Crippen LogP contribution in [0.2, 0.25) is 0 Å². The number of aromatic nitrogens is 3. The Labute approximate surface area is 117 Å². The SMILES string of the molecule is Cc1cccc(CCNc2nc(N)cn3ccnc23)c1. The second-order valence-corrected chi connectivity index (χ2v) is 4.84. The van der Waals surface area contributed by atoms with Crippen LogP contribution >= 0.6 is 0 Å². The van der Waals surface area contributed by atoms with Crippen LogP contribution in [0, 0.1) is 6.92 Å². The summed E-state index contributed by atoms with van der Waals surface area (Å²) in [5.74, 6) is 1.20. The molecule has 5 heteroatoms. The number of nitrogens with zero attached hydrogens (tertiary/aromatic N) is 3. The lowest BCUT2D eigenvalue weighted by molar-refractivity contribution is 0.997. The quantitative estimate of drug-likeness (QED) is 0.761. The average molecular weight is 267 g/mol. The number of benzene rings is 1. The maximum absolute atomic E-state index is 5.79. The van der Waals surface area contributed by atoms with Crippen LogP contribution in [-0.4, -0.2) is 20.9 Å². The molecule has 0 spiro atoms. The summed E-state index contributed by atoms with van der Waals surface area (Å²) in [5.41, 5.74) is 9.17. The zero-order chi connectivity index (χ0) is 13.9. The third-order valence-corrected chi connectivity index (χ3v) is 3.18. The predicted molar refractivity (Wildman–Crippen MR) is 80.8 cm³/mol. The summed E-state index contributed by atoms with van der Waals surface area (Å²) >= 11 is 0. The second-order valence-electron chi connectivity index (χ2n) is 4.84. The van der Waals surface area contributed by atoms with Gasteiger partial charge < -0.3 is 15.5 Å². The molecule has 0 bridgehead atoms. The van der Waals surface area contributed by atoms with Gasteiger partial charge >= 0.3 is 0 Å². The van der Waals surface area contributed by atoms with Crippen LogP contribution in [0.25, 0.3) is 5.65 Å². The normalized spacial score (nSPS) is 10.8. The number of imidazole rings is 1. The van der Waals surface area contributed by atoms with E-state index < -0.39 is 0 Å². The second kappa shape index (κ2) is 5.21. The van der Waals surface area contributed by atoms with E-state index in [0.29, 0.717) is 5.82 Å². The third-order valence-electron chi connectivity index (χ3n) is 3.18. The van der Waals surface area contributed by atoms with Gasteiger partial charge in [0.2, 0.25) is 0 Å². The smallest absolute Gasteiger partial charge is 0.180 e. The summed E-state index contributed by atoms with van der Waals surface area (Å²) in [4.78, 5) is 8.59. The Kier molecular flexibility index (Phi) is 3.25. The van der Waals surface area contributed by atoms with Crippen LogP contribution in [0.15, 0.2) is 42.9 Å². The molecule has 0 atom stereocenters. The van der Waals surface area contributed by atoms with Gasteiger partial charge in [0.15, 0.2) is 11.5 Å². The van der Waals surface area contributed by atoms with Crippen molar-refractivity contribution in [1.82, 2.24) is 14.4 Å². The highest BCUT2D eigenvalue weighted by Crippen LogP contribution is 2.14. The zero-order valence-corrected chi connectivity index (χ0v) is 11.4. The standard InChI is InChI=1S/C15H17N5/c1-11-3-2-4-12(9-11)5-6-17-14-15-18-7-8-20(15)10-13(16)19-14/h2-4,7-10H,5-6,16H2,1H3,(H,17,19). The lowest BCUT2D eigenvalue weighted by Gasteiger charge is -2.08. The molecule has 102 valence electrons. The number of nitrogen functional groups attached to an aromatic ring is 1. The van der Waals surface area contributed by atoms with Crippen molar-refractivity contribution >= 4 is 17.3 Å². The Hall–Kier alpha value is -2.56. The molecule has 3 aromatic rings. The highest BCUT2D eigenvalue weighted by Gasteiger charge is 2.05. The number of hydrogen-bond donors (Lipinski definition) is 2. The molecule has 3 N–H and O–H groups in total. The predicted octanol–water partition coefficient (Wildman–Crippen LogP) is 2.27. The first-order valence-corrected chi connectivity index (χ1v) is 6.61. The molecule has 0 radical (unpaired) electrons. The molecule has 5 nitrogen and oxygen atoms in total. The lowest BCUT2D eigenvalue weighted by atomic mass is 10.1. The van der Waals surface area contributed by atoms with Gasteiger partial charge in [0.1, 0.15) is 5.82 Å². The largest absolute Gasteiger partial charge is 0.382 e. The Morgan fingerprint density at radius 3 is 3.10 bits per heavy atom. The fraction of sp³-hybridized carbons (Fsp3) is 0.200. The molecule has 2 heterocycles. The van der Waals surface area contributed by atoms with Crippen molar-refractivity contribution in [2.45, 2.75) is 13.3 Å². The molecular weight excluding hydrogens is 250 g/mol. The Balaban J connectivity index is 1.72. The Bertz CT molecular complexity index is 732. The number of anilines is 2. The first kappa shape index (κ1) is 12.5. The third kappa shape index (κ3) is 2.56. The molecule has 2 aromatic heterocycles. The van der Waals surface area contributed by atoms with Crippen LogP contribution in [-0.2, 0) is 6.42 Å². The molecule has 3 rings (SSSR count).